The first-order valence-corrected chi connectivity index (χ1v) is 5.68. The Kier molecular flexibility index (Phi) is 10.2. The lowest BCUT2D eigenvalue weighted by molar-refractivity contribution is -0.129. The lowest BCUT2D eigenvalue weighted by Gasteiger charge is -2.08. The van der Waals surface area contributed by atoms with Crippen molar-refractivity contribution in [3.8, 4) is 6.07 Å². The van der Waals surface area contributed by atoms with Gasteiger partial charge in [0.15, 0.2) is 0 Å². The van der Waals surface area contributed by atoms with Gasteiger partial charge in [-0.15, -0.1) is 11.8 Å². The monoisotopic (exact) mass is 309 g/mol. The molecule has 0 aromatic rings. The summed E-state index contributed by atoms with van der Waals surface area (Å²) in [5.74, 6) is -0.332. The van der Waals surface area contributed by atoms with Crippen molar-refractivity contribution in [2.45, 2.75) is 30.4 Å². The first-order valence-electron chi connectivity index (χ1n) is 4.63. The maximum atomic E-state index is 11.8. The van der Waals surface area contributed by atoms with Crippen LogP contribution in [0, 0.1) is 21.3 Å². The number of halogens is 6. The topological polar surface area (TPSA) is 57.9 Å². The molecule has 1 atom stereocenters. The molecule has 0 aromatic carbocycles. The van der Waals surface area contributed by atoms with Crippen LogP contribution < -0.4 is 0 Å². The molecule has 0 N–H and O–H groups in total. The smallest absolute Gasteiger partial charge is 0.197 e. The SMILES string of the molecule is N#CC(C/C=C/C(F)(F)F)SCCC(F)(F)F.O=O. The van der Waals surface area contributed by atoms with Gasteiger partial charge >= 0.3 is 12.4 Å². The Morgan fingerprint density at radius 2 is 1.68 bits per heavy atom. The highest BCUT2D eigenvalue weighted by Gasteiger charge is 2.27. The lowest BCUT2D eigenvalue weighted by Crippen LogP contribution is -2.10. The Hall–Kier alpha value is -1.24. The third-order valence-corrected chi connectivity index (χ3v) is 2.65. The summed E-state index contributed by atoms with van der Waals surface area (Å²) in [5, 5.41) is 7.63. The minimum atomic E-state index is -4.46. The van der Waals surface area contributed by atoms with E-state index in [-0.39, 0.29) is 18.2 Å². The summed E-state index contributed by atoms with van der Waals surface area (Å²) in [6, 6.07) is 1.65. The molecule has 0 saturated heterocycles. The van der Waals surface area contributed by atoms with Crippen molar-refractivity contribution < 1.29 is 26.3 Å². The second-order valence-corrected chi connectivity index (χ2v) is 4.34. The lowest BCUT2D eigenvalue weighted by atomic mass is 10.3. The molecule has 110 valence electrons. The van der Waals surface area contributed by atoms with Crippen molar-refractivity contribution in [3.63, 3.8) is 0 Å². The molecule has 0 aliphatic carbocycles. The van der Waals surface area contributed by atoms with Gasteiger partial charge in [-0.25, -0.2) is 0 Å². The second-order valence-electron chi connectivity index (χ2n) is 3.03. The van der Waals surface area contributed by atoms with E-state index in [2.05, 4.69) is 0 Å². The predicted octanol–water partition coefficient (Wildman–Crippen LogP) is 4.14. The number of hydrogen-bond acceptors (Lipinski definition) is 4. The van der Waals surface area contributed by atoms with Crippen LogP contribution in [-0.2, 0) is 0 Å². The van der Waals surface area contributed by atoms with Crippen molar-refractivity contribution in [1.29, 1.82) is 5.26 Å². The number of nitriles is 1. The number of hydrogen-bond donors (Lipinski definition) is 0. The average Bonchev–Trinajstić information content (AvgIpc) is 2.26. The van der Waals surface area contributed by atoms with Crippen LogP contribution in [0.2, 0.25) is 0 Å². The van der Waals surface area contributed by atoms with E-state index in [0.717, 1.165) is 6.08 Å². The standard InChI is InChI=1S/C9H9F6NS.O2/c10-8(11,12)3-1-2-7(6-16)17-5-4-9(13,14)15;1-2/h1,3,7H,2,4-5H2;/b3-1+;. The number of alkyl halides is 6. The summed E-state index contributed by atoms with van der Waals surface area (Å²) >= 11 is 0.699. The van der Waals surface area contributed by atoms with E-state index in [1.165, 1.54) is 0 Å². The van der Waals surface area contributed by atoms with E-state index < -0.39 is 24.0 Å². The number of nitrogens with zero attached hydrogens (tertiary/aromatic N) is 1. The maximum Gasteiger partial charge on any atom is 0.409 e. The van der Waals surface area contributed by atoms with Gasteiger partial charge in [0.1, 0.15) is 0 Å². The third kappa shape index (κ3) is 16.8. The molecule has 0 aliphatic rings. The zero-order valence-corrected chi connectivity index (χ0v) is 10.1. The Morgan fingerprint density at radius 1 is 1.16 bits per heavy atom. The third-order valence-electron chi connectivity index (χ3n) is 1.51. The van der Waals surface area contributed by atoms with Gasteiger partial charge in [-0.3, -0.25) is 0 Å². The van der Waals surface area contributed by atoms with Crippen LogP contribution in [0.15, 0.2) is 12.2 Å². The predicted molar refractivity (Wildman–Crippen MR) is 59.1 cm³/mol. The molecule has 3 nitrogen and oxygen atoms in total. The van der Waals surface area contributed by atoms with E-state index in [1.54, 1.807) is 6.07 Å². The summed E-state index contributed by atoms with van der Waals surface area (Å²) in [6.07, 6.45) is -9.33. The van der Waals surface area contributed by atoms with Gasteiger partial charge in [0, 0.05) is 21.8 Å². The Morgan fingerprint density at radius 3 is 2.05 bits per heavy atom. The van der Waals surface area contributed by atoms with Gasteiger partial charge in [0.25, 0.3) is 0 Å². The van der Waals surface area contributed by atoms with Crippen molar-refractivity contribution in [2.24, 2.45) is 0 Å². The summed E-state index contributed by atoms with van der Waals surface area (Å²) in [6.45, 7) is 0. The van der Waals surface area contributed by atoms with Crippen molar-refractivity contribution >= 4 is 11.8 Å². The van der Waals surface area contributed by atoms with Gasteiger partial charge in [-0.1, -0.05) is 6.08 Å². The van der Waals surface area contributed by atoms with Crippen LogP contribution in [0.4, 0.5) is 26.3 Å². The van der Waals surface area contributed by atoms with Crippen molar-refractivity contribution in [3.05, 3.63) is 22.1 Å². The zero-order chi connectivity index (χ0) is 15.5. The van der Waals surface area contributed by atoms with Gasteiger partial charge in [-0.05, 0) is 6.42 Å². The fourth-order valence-electron chi connectivity index (χ4n) is 0.800. The normalized spacial score (nSPS) is 13.5. The van der Waals surface area contributed by atoms with Crippen molar-refractivity contribution in [1.82, 2.24) is 0 Å². The van der Waals surface area contributed by atoms with E-state index in [1.807, 2.05) is 0 Å². The summed E-state index contributed by atoms with van der Waals surface area (Å²) in [4.78, 5) is 14.0. The molecule has 0 spiro atoms. The second kappa shape index (κ2) is 9.66. The first kappa shape index (κ1) is 20.1. The van der Waals surface area contributed by atoms with Gasteiger partial charge in [-0.2, -0.15) is 31.6 Å². The van der Waals surface area contributed by atoms with Crippen LogP contribution >= 0.6 is 11.8 Å². The molecule has 0 amide bonds. The van der Waals surface area contributed by atoms with Crippen LogP contribution in [0.5, 0.6) is 0 Å². The molecule has 0 heterocycles. The fraction of sp³-hybridized carbons (Fsp3) is 0.667. The summed E-state index contributed by atoms with van der Waals surface area (Å²) in [7, 11) is 0. The van der Waals surface area contributed by atoms with Crippen LogP contribution in [0.1, 0.15) is 12.8 Å². The number of allylic oxidation sites excluding steroid dienone is 2. The molecule has 0 bridgehead atoms. The van der Waals surface area contributed by atoms with E-state index in [9.17, 15) is 26.3 Å². The molecule has 0 aromatic heterocycles. The largest absolute Gasteiger partial charge is 0.409 e. The van der Waals surface area contributed by atoms with Gasteiger partial charge in [0.05, 0.1) is 17.7 Å². The number of rotatable bonds is 5. The molecule has 19 heavy (non-hydrogen) atoms. The van der Waals surface area contributed by atoms with E-state index >= 15 is 0 Å². The fourth-order valence-corrected chi connectivity index (χ4v) is 1.76. The first-order chi connectivity index (χ1) is 8.64. The molecule has 1 unspecified atom stereocenters. The zero-order valence-electron chi connectivity index (χ0n) is 9.29. The summed E-state index contributed by atoms with van der Waals surface area (Å²) < 4.78 is 70.4. The highest BCUT2D eigenvalue weighted by molar-refractivity contribution is 8.00. The molecule has 0 aliphatic heterocycles. The molecule has 10 heteroatoms. The Labute approximate surface area is 108 Å². The maximum absolute atomic E-state index is 11.8. The molecule has 0 saturated carbocycles. The summed E-state index contributed by atoms with van der Waals surface area (Å²) in [5.41, 5.74) is 0. The average molecular weight is 309 g/mol. The van der Waals surface area contributed by atoms with Crippen LogP contribution in [0.25, 0.3) is 0 Å². The highest BCUT2D eigenvalue weighted by Crippen LogP contribution is 2.25. The Bertz CT molecular complexity index is 309. The van der Waals surface area contributed by atoms with Gasteiger partial charge in [0.2, 0.25) is 0 Å². The molecular weight excluding hydrogens is 300 g/mol. The minimum absolute atomic E-state index is 0.0261. The molecule has 0 rings (SSSR count). The quantitative estimate of drug-likeness (QED) is 0.565. The molecular formula is C9H9F6NO2S. The van der Waals surface area contributed by atoms with E-state index in [4.69, 9.17) is 15.2 Å². The van der Waals surface area contributed by atoms with Crippen LogP contribution in [0.3, 0.4) is 0 Å². The minimum Gasteiger partial charge on any atom is -0.197 e. The van der Waals surface area contributed by atoms with Gasteiger partial charge < -0.3 is 0 Å². The Balaban J connectivity index is 0. The highest BCUT2D eigenvalue weighted by atomic mass is 32.2. The molecule has 0 radical (unpaired) electrons. The number of thioether (sulfide) groups is 1. The molecule has 0 fully saturated rings. The van der Waals surface area contributed by atoms with E-state index in [0.29, 0.717) is 11.8 Å². The van der Waals surface area contributed by atoms with Crippen LogP contribution in [-0.4, -0.2) is 23.4 Å². The van der Waals surface area contributed by atoms with Crippen molar-refractivity contribution in [2.75, 3.05) is 5.75 Å².